The van der Waals surface area contributed by atoms with Gasteiger partial charge in [-0.1, -0.05) is 6.92 Å². The van der Waals surface area contributed by atoms with Crippen molar-refractivity contribution in [2.75, 3.05) is 52.4 Å². The van der Waals surface area contributed by atoms with Gasteiger partial charge in [0, 0.05) is 26.7 Å². The minimum Gasteiger partial charge on any atom is -0.390 e. The molecule has 1 atom stereocenters. The van der Waals surface area contributed by atoms with Crippen molar-refractivity contribution in [2.45, 2.75) is 42.5 Å². The lowest BCUT2D eigenvalue weighted by atomic mass is 10.3. The predicted octanol–water partition coefficient (Wildman–Crippen LogP) is 0.139. The highest BCUT2D eigenvalue weighted by Gasteiger charge is 2.23. The fourth-order valence-electron chi connectivity index (χ4n) is 3.65. The molecule has 15 heteroatoms. The van der Waals surface area contributed by atoms with Gasteiger partial charge in [-0.05, 0) is 67.2 Å². The van der Waals surface area contributed by atoms with Crippen molar-refractivity contribution in [2.24, 2.45) is 7.05 Å². The van der Waals surface area contributed by atoms with Crippen molar-refractivity contribution in [3.8, 4) is 0 Å². The summed E-state index contributed by atoms with van der Waals surface area (Å²) in [5.74, 6) is -0.234. The van der Waals surface area contributed by atoms with Crippen LogP contribution in [0.4, 0.5) is 5.82 Å². The summed E-state index contributed by atoms with van der Waals surface area (Å²) in [5.41, 5.74) is 1.07. The summed E-state index contributed by atoms with van der Waals surface area (Å²) < 4.78 is 3.33. The van der Waals surface area contributed by atoms with Crippen molar-refractivity contribution in [3.63, 3.8) is 0 Å². The molecule has 0 bridgehead atoms. The van der Waals surface area contributed by atoms with E-state index >= 15 is 0 Å². The second-order valence-electron chi connectivity index (χ2n) is 8.51. The summed E-state index contributed by atoms with van der Waals surface area (Å²) in [5, 5.41) is 36.0. The number of aliphatic hydroxyl groups is 1. The van der Waals surface area contributed by atoms with Gasteiger partial charge in [0.25, 0.3) is 0 Å². The van der Waals surface area contributed by atoms with E-state index in [1.54, 1.807) is 22.5 Å². The Morgan fingerprint density at radius 1 is 1.00 bits per heavy atom. The molecule has 0 saturated carbocycles. The Labute approximate surface area is 220 Å². The van der Waals surface area contributed by atoms with E-state index in [-0.39, 0.29) is 5.82 Å². The van der Waals surface area contributed by atoms with E-state index < -0.39 is 11.0 Å². The number of nitro groups is 1. The second kappa shape index (κ2) is 15.5. The maximum atomic E-state index is 11.3. The number of nitrogens with one attached hydrogen (secondary N) is 4. The van der Waals surface area contributed by atoms with Crippen LogP contribution in [0.25, 0.3) is 11.2 Å². The number of aryl methyl sites for hydroxylation is 1. The highest BCUT2D eigenvalue weighted by molar-refractivity contribution is 7.99. The molecule has 0 aliphatic heterocycles. The first-order valence-electron chi connectivity index (χ1n) is 12.5. The van der Waals surface area contributed by atoms with Gasteiger partial charge in [0.2, 0.25) is 6.33 Å². The molecule has 5 N–H and O–H groups in total. The SMILES string of the molecule is CCNCCCNCCNCCCNCC(O)Cn1cnc2c(Sc3c([N+](=O)[O-])ncn3C)ncnc21. The first-order valence-corrected chi connectivity index (χ1v) is 13.3. The maximum absolute atomic E-state index is 11.3. The van der Waals surface area contributed by atoms with Gasteiger partial charge in [-0.15, -0.1) is 0 Å². The lowest BCUT2D eigenvalue weighted by Crippen LogP contribution is -2.33. The van der Waals surface area contributed by atoms with Gasteiger partial charge in [-0.25, -0.2) is 15.0 Å². The molecule has 3 aromatic rings. The molecular formula is C22H37N11O3S. The molecule has 3 rings (SSSR count). The summed E-state index contributed by atoms with van der Waals surface area (Å²) in [6, 6.07) is 0. The molecule has 14 nitrogen and oxygen atoms in total. The number of hydrogen-bond donors (Lipinski definition) is 5. The maximum Gasteiger partial charge on any atom is 0.396 e. The van der Waals surface area contributed by atoms with Gasteiger partial charge in [-0.3, -0.25) is 0 Å². The van der Waals surface area contributed by atoms with Gasteiger partial charge in [-0.2, -0.15) is 0 Å². The van der Waals surface area contributed by atoms with Gasteiger partial charge in [0.05, 0.1) is 19.0 Å². The average Bonchev–Trinajstić information content (AvgIpc) is 3.46. The van der Waals surface area contributed by atoms with Crippen LogP contribution in [-0.4, -0.2) is 97.6 Å². The first kappa shape index (κ1) is 28.9. The van der Waals surface area contributed by atoms with E-state index in [9.17, 15) is 15.2 Å². The van der Waals surface area contributed by atoms with Gasteiger partial charge < -0.3 is 45.6 Å². The molecule has 37 heavy (non-hydrogen) atoms. The molecule has 0 radical (unpaired) electrons. The second-order valence-corrected chi connectivity index (χ2v) is 9.49. The quantitative estimate of drug-likeness (QED) is 0.0609. The van der Waals surface area contributed by atoms with Crippen LogP contribution in [0.1, 0.15) is 19.8 Å². The molecule has 204 valence electrons. The normalized spacial score (nSPS) is 12.4. The Hall–Kier alpha value is -2.69. The molecule has 3 aromatic heterocycles. The monoisotopic (exact) mass is 535 g/mol. The zero-order valence-corrected chi connectivity index (χ0v) is 22.2. The Morgan fingerprint density at radius 2 is 1.70 bits per heavy atom. The van der Waals surface area contributed by atoms with E-state index in [0.717, 1.165) is 70.4 Å². The lowest BCUT2D eigenvalue weighted by molar-refractivity contribution is -0.392. The number of hydrogen-bond acceptors (Lipinski definition) is 12. The third kappa shape index (κ3) is 8.98. The molecule has 3 heterocycles. The predicted molar refractivity (Wildman–Crippen MR) is 142 cm³/mol. The third-order valence-corrected chi connectivity index (χ3v) is 6.68. The Kier molecular flexibility index (Phi) is 12.1. The van der Waals surface area contributed by atoms with E-state index in [0.29, 0.717) is 34.3 Å². The molecule has 0 spiro atoms. The van der Waals surface area contributed by atoms with Crippen LogP contribution in [0.3, 0.4) is 0 Å². The number of aromatic nitrogens is 6. The van der Waals surface area contributed by atoms with Crippen molar-refractivity contribution >= 4 is 28.7 Å². The number of fused-ring (bicyclic) bond motifs is 1. The van der Waals surface area contributed by atoms with Gasteiger partial charge in [0.15, 0.2) is 10.7 Å². The largest absolute Gasteiger partial charge is 0.396 e. The number of aliphatic hydroxyl groups excluding tert-OH is 1. The van der Waals surface area contributed by atoms with Crippen molar-refractivity contribution in [3.05, 3.63) is 29.1 Å². The topological polar surface area (TPSA) is 173 Å². The summed E-state index contributed by atoms with van der Waals surface area (Å²) in [6.07, 6.45) is 5.86. The zero-order valence-electron chi connectivity index (χ0n) is 21.4. The lowest BCUT2D eigenvalue weighted by Gasteiger charge is -2.13. The molecule has 0 aliphatic rings. The van der Waals surface area contributed by atoms with Crippen LogP contribution in [0.2, 0.25) is 0 Å². The number of rotatable bonds is 19. The van der Waals surface area contributed by atoms with Crippen LogP contribution in [0, 0.1) is 10.1 Å². The fraction of sp³-hybridized carbons (Fsp3) is 0.636. The minimum atomic E-state index is -0.624. The molecule has 0 aromatic carbocycles. The zero-order chi connectivity index (χ0) is 26.5. The van der Waals surface area contributed by atoms with Crippen LogP contribution in [-0.2, 0) is 13.6 Å². The van der Waals surface area contributed by atoms with Crippen molar-refractivity contribution in [1.29, 1.82) is 0 Å². The number of imidazole rings is 2. The number of nitrogens with zero attached hydrogens (tertiary/aromatic N) is 7. The Balaban J connectivity index is 1.37. The minimum absolute atomic E-state index is 0.234. The summed E-state index contributed by atoms with van der Waals surface area (Å²) >= 11 is 1.11. The van der Waals surface area contributed by atoms with E-state index in [4.69, 9.17) is 0 Å². The molecule has 1 unspecified atom stereocenters. The average molecular weight is 536 g/mol. The third-order valence-electron chi connectivity index (χ3n) is 5.53. The van der Waals surface area contributed by atoms with E-state index in [1.807, 2.05) is 0 Å². The highest BCUT2D eigenvalue weighted by Crippen LogP contribution is 2.35. The van der Waals surface area contributed by atoms with Crippen molar-refractivity contribution < 1.29 is 10.0 Å². The molecule has 0 amide bonds. The van der Waals surface area contributed by atoms with Crippen LogP contribution < -0.4 is 21.3 Å². The highest BCUT2D eigenvalue weighted by atomic mass is 32.2. The van der Waals surface area contributed by atoms with Crippen molar-refractivity contribution in [1.82, 2.24) is 50.3 Å². The molecule has 0 fully saturated rings. The smallest absolute Gasteiger partial charge is 0.390 e. The van der Waals surface area contributed by atoms with Gasteiger partial charge >= 0.3 is 5.82 Å². The molecule has 0 saturated heterocycles. The summed E-state index contributed by atoms with van der Waals surface area (Å²) in [6.45, 7) is 9.59. The summed E-state index contributed by atoms with van der Waals surface area (Å²) in [7, 11) is 1.69. The Bertz CT molecular complexity index is 1110. The van der Waals surface area contributed by atoms with Crippen LogP contribution in [0.5, 0.6) is 0 Å². The van der Waals surface area contributed by atoms with Gasteiger partial charge in [0.1, 0.15) is 16.9 Å². The van der Waals surface area contributed by atoms with E-state index in [2.05, 4.69) is 48.1 Å². The van der Waals surface area contributed by atoms with E-state index in [1.165, 1.54) is 12.7 Å². The standard InChI is InChI=1S/C22H37N11O3S/c1-3-23-6-4-7-24-10-11-25-8-5-9-26-12-17(34)13-32-16-29-18-19(32)27-14-28-21(18)37-22-20(33(35)36)30-15-31(22)2/h14-17,23-26,34H,3-13H2,1-2H3. The van der Waals surface area contributed by atoms with Crippen LogP contribution in [0.15, 0.2) is 29.0 Å². The van der Waals surface area contributed by atoms with Crippen LogP contribution >= 0.6 is 11.8 Å². The first-order chi connectivity index (χ1) is 18.0. The molecular weight excluding hydrogens is 498 g/mol. The molecule has 0 aliphatic carbocycles. The summed E-state index contributed by atoms with van der Waals surface area (Å²) in [4.78, 5) is 27.5. The Morgan fingerprint density at radius 3 is 2.41 bits per heavy atom. The fourth-order valence-corrected chi connectivity index (χ4v) is 4.58.